The molecule has 0 aliphatic rings. The van der Waals surface area contributed by atoms with Crippen LogP contribution in [0.2, 0.25) is 0 Å². The van der Waals surface area contributed by atoms with Crippen LogP contribution in [-0.4, -0.2) is 18.3 Å². The topological polar surface area (TPSA) is 41.5 Å². The summed E-state index contributed by atoms with van der Waals surface area (Å²) in [5.41, 5.74) is 3.53. The molecule has 0 aliphatic heterocycles. The zero-order valence-corrected chi connectivity index (χ0v) is 14.0. The van der Waals surface area contributed by atoms with Gasteiger partial charge in [0, 0.05) is 18.7 Å². The highest BCUT2D eigenvalue weighted by Crippen LogP contribution is 2.28. The number of aliphatic hydroxyl groups excluding tert-OH is 1. The van der Waals surface area contributed by atoms with Crippen molar-refractivity contribution in [3.8, 4) is 5.75 Å². The number of hydrogen-bond acceptors (Lipinski definition) is 3. The quantitative estimate of drug-likeness (QED) is 0.650. The van der Waals surface area contributed by atoms with Gasteiger partial charge in [0.25, 0.3) is 0 Å². The first-order chi connectivity index (χ1) is 11.8. The van der Waals surface area contributed by atoms with E-state index in [1.807, 2.05) is 18.2 Å². The lowest BCUT2D eigenvalue weighted by atomic mass is 10.0. The largest absolute Gasteiger partial charge is 0.489 e. The molecule has 0 heterocycles. The Morgan fingerprint density at radius 2 is 1.88 bits per heavy atom. The Morgan fingerprint density at radius 3 is 2.71 bits per heavy atom. The highest BCUT2D eigenvalue weighted by atomic mass is 16.5. The van der Waals surface area contributed by atoms with Crippen LogP contribution in [0.25, 0.3) is 10.8 Å². The van der Waals surface area contributed by atoms with Crippen molar-refractivity contribution in [2.75, 3.05) is 13.2 Å². The molecule has 0 fully saturated rings. The van der Waals surface area contributed by atoms with Crippen molar-refractivity contribution in [1.82, 2.24) is 5.32 Å². The number of ether oxygens (including phenoxy) is 1. The fourth-order valence-electron chi connectivity index (χ4n) is 2.89. The lowest BCUT2D eigenvalue weighted by Gasteiger charge is -2.15. The van der Waals surface area contributed by atoms with Crippen molar-refractivity contribution >= 4 is 10.8 Å². The van der Waals surface area contributed by atoms with Crippen molar-refractivity contribution in [1.29, 1.82) is 0 Å². The van der Waals surface area contributed by atoms with Gasteiger partial charge in [-0.3, -0.25) is 0 Å². The molecule has 0 amide bonds. The molecule has 24 heavy (non-hydrogen) atoms. The fourth-order valence-corrected chi connectivity index (χ4v) is 2.89. The van der Waals surface area contributed by atoms with Crippen molar-refractivity contribution < 1.29 is 9.84 Å². The van der Waals surface area contributed by atoms with E-state index in [1.54, 1.807) is 0 Å². The standard InChI is InChI=1S/C21H23NO2/c1-16-5-4-6-17(13-16)15-24-21-10-9-18-7-2-3-8-19(18)20(21)14-22-11-12-23/h2-10,13,22-23H,11-12,14-15H2,1H3. The maximum atomic E-state index is 9.01. The smallest absolute Gasteiger partial charge is 0.124 e. The Bertz CT molecular complexity index is 814. The summed E-state index contributed by atoms with van der Waals surface area (Å²) in [5, 5.41) is 14.7. The number of aryl methyl sites for hydroxylation is 1. The molecule has 0 unspecified atom stereocenters. The van der Waals surface area contributed by atoms with Crippen LogP contribution in [0.15, 0.2) is 60.7 Å². The van der Waals surface area contributed by atoms with Crippen molar-refractivity contribution in [2.45, 2.75) is 20.1 Å². The van der Waals surface area contributed by atoms with E-state index in [2.05, 4.69) is 54.7 Å². The normalized spacial score (nSPS) is 10.9. The first-order valence-corrected chi connectivity index (χ1v) is 8.28. The van der Waals surface area contributed by atoms with Gasteiger partial charge in [0.05, 0.1) is 6.61 Å². The average molecular weight is 321 g/mol. The van der Waals surface area contributed by atoms with Crippen LogP contribution in [0.3, 0.4) is 0 Å². The minimum absolute atomic E-state index is 0.129. The number of nitrogens with one attached hydrogen (secondary N) is 1. The Labute approximate surface area is 142 Å². The molecular formula is C21H23NO2. The predicted octanol–water partition coefficient (Wildman–Crippen LogP) is 3.81. The summed E-state index contributed by atoms with van der Waals surface area (Å²) in [5.74, 6) is 0.889. The summed E-state index contributed by atoms with van der Waals surface area (Å²) in [6, 6.07) is 20.8. The van der Waals surface area contributed by atoms with Gasteiger partial charge < -0.3 is 15.2 Å². The molecular weight excluding hydrogens is 298 g/mol. The van der Waals surface area contributed by atoms with Crippen molar-refractivity contribution in [3.63, 3.8) is 0 Å². The van der Waals surface area contributed by atoms with Crippen LogP contribution in [0, 0.1) is 6.92 Å². The van der Waals surface area contributed by atoms with Gasteiger partial charge in [-0.05, 0) is 29.3 Å². The van der Waals surface area contributed by atoms with Crippen LogP contribution < -0.4 is 10.1 Å². The van der Waals surface area contributed by atoms with Gasteiger partial charge in [-0.25, -0.2) is 0 Å². The Balaban J connectivity index is 1.86. The molecule has 0 bridgehead atoms. The summed E-state index contributed by atoms with van der Waals surface area (Å²) < 4.78 is 6.11. The molecule has 124 valence electrons. The predicted molar refractivity (Wildman–Crippen MR) is 98.3 cm³/mol. The summed E-state index contributed by atoms with van der Waals surface area (Å²) in [6.07, 6.45) is 0. The van der Waals surface area contributed by atoms with E-state index in [0.29, 0.717) is 19.7 Å². The average Bonchev–Trinajstić information content (AvgIpc) is 2.61. The Kier molecular flexibility index (Phi) is 5.47. The number of hydrogen-bond donors (Lipinski definition) is 2. The van der Waals surface area contributed by atoms with Crippen LogP contribution in [-0.2, 0) is 13.2 Å². The maximum absolute atomic E-state index is 9.01. The molecule has 0 radical (unpaired) electrons. The molecule has 0 aromatic heterocycles. The monoisotopic (exact) mass is 321 g/mol. The van der Waals surface area contributed by atoms with Crippen molar-refractivity contribution in [3.05, 3.63) is 77.4 Å². The third kappa shape index (κ3) is 3.94. The van der Waals surface area contributed by atoms with Crippen LogP contribution >= 0.6 is 0 Å². The molecule has 0 atom stereocenters. The van der Waals surface area contributed by atoms with Gasteiger partial charge in [0.1, 0.15) is 12.4 Å². The molecule has 3 heteroatoms. The first-order valence-electron chi connectivity index (χ1n) is 8.28. The minimum atomic E-state index is 0.129. The summed E-state index contributed by atoms with van der Waals surface area (Å²) in [4.78, 5) is 0. The van der Waals surface area contributed by atoms with Gasteiger partial charge in [0.15, 0.2) is 0 Å². The van der Waals surface area contributed by atoms with E-state index in [0.717, 1.165) is 16.9 Å². The molecule has 0 saturated heterocycles. The second-order valence-electron chi connectivity index (χ2n) is 5.94. The third-order valence-electron chi connectivity index (χ3n) is 4.06. The van der Waals surface area contributed by atoms with Crippen LogP contribution in [0.5, 0.6) is 5.75 Å². The number of fused-ring (bicyclic) bond motifs is 1. The second-order valence-corrected chi connectivity index (χ2v) is 5.94. The zero-order valence-electron chi connectivity index (χ0n) is 14.0. The second kappa shape index (κ2) is 7.95. The number of rotatable bonds is 7. The highest BCUT2D eigenvalue weighted by Gasteiger charge is 2.09. The van der Waals surface area contributed by atoms with E-state index < -0.39 is 0 Å². The van der Waals surface area contributed by atoms with Crippen molar-refractivity contribution in [2.24, 2.45) is 0 Å². The van der Waals surface area contributed by atoms with E-state index in [-0.39, 0.29) is 6.61 Å². The van der Waals surface area contributed by atoms with E-state index in [9.17, 15) is 0 Å². The van der Waals surface area contributed by atoms with Gasteiger partial charge in [-0.15, -0.1) is 0 Å². The SMILES string of the molecule is Cc1cccc(COc2ccc3ccccc3c2CNCCO)c1. The molecule has 0 aliphatic carbocycles. The molecule has 3 nitrogen and oxygen atoms in total. The summed E-state index contributed by atoms with van der Waals surface area (Å²) in [6.45, 7) is 4.01. The first kappa shape index (κ1) is 16.5. The van der Waals surface area contributed by atoms with Gasteiger partial charge in [0.2, 0.25) is 0 Å². The molecule has 0 saturated carbocycles. The van der Waals surface area contributed by atoms with Gasteiger partial charge in [-0.2, -0.15) is 0 Å². The molecule has 0 spiro atoms. The fraction of sp³-hybridized carbons (Fsp3) is 0.238. The molecule has 2 N–H and O–H groups in total. The summed E-state index contributed by atoms with van der Waals surface area (Å²) >= 11 is 0. The highest BCUT2D eigenvalue weighted by molar-refractivity contribution is 5.87. The minimum Gasteiger partial charge on any atom is -0.489 e. The zero-order chi connectivity index (χ0) is 16.8. The molecule has 3 aromatic carbocycles. The van der Waals surface area contributed by atoms with E-state index >= 15 is 0 Å². The number of aliphatic hydroxyl groups is 1. The van der Waals surface area contributed by atoms with Crippen LogP contribution in [0.4, 0.5) is 0 Å². The third-order valence-corrected chi connectivity index (χ3v) is 4.06. The van der Waals surface area contributed by atoms with Gasteiger partial charge in [-0.1, -0.05) is 60.2 Å². The lowest BCUT2D eigenvalue weighted by molar-refractivity contribution is 0.288. The lowest BCUT2D eigenvalue weighted by Crippen LogP contribution is -2.18. The summed E-state index contributed by atoms with van der Waals surface area (Å²) in [7, 11) is 0. The molecule has 3 rings (SSSR count). The van der Waals surface area contributed by atoms with Gasteiger partial charge >= 0.3 is 0 Å². The Morgan fingerprint density at radius 1 is 1.00 bits per heavy atom. The van der Waals surface area contributed by atoms with E-state index in [4.69, 9.17) is 9.84 Å². The van der Waals surface area contributed by atoms with E-state index in [1.165, 1.54) is 16.3 Å². The Hall–Kier alpha value is -2.36. The number of benzene rings is 3. The van der Waals surface area contributed by atoms with Crippen LogP contribution in [0.1, 0.15) is 16.7 Å². The maximum Gasteiger partial charge on any atom is 0.124 e. The molecule has 3 aromatic rings.